The van der Waals surface area contributed by atoms with Crippen molar-refractivity contribution in [3.8, 4) is 0 Å². The first-order valence-electron chi connectivity index (χ1n) is 9.75. The van der Waals surface area contributed by atoms with E-state index in [1.54, 1.807) is 0 Å². The third-order valence-corrected chi connectivity index (χ3v) is 4.98. The first-order chi connectivity index (χ1) is 12.8. The number of aliphatic imine (C=N–C) groups is 1. The van der Waals surface area contributed by atoms with E-state index in [1.165, 1.54) is 11.3 Å². The van der Waals surface area contributed by atoms with Gasteiger partial charge in [-0.05, 0) is 31.0 Å². The summed E-state index contributed by atoms with van der Waals surface area (Å²) in [5, 5.41) is 3.40. The SMILES string of the molecule is CCNC(=NCc1ccc(N2CCOCC2)cc1)N(C)CC1CCOC1.I. The number of ether oxygens (including phenoxy) is 2. The van der Waals surface area contributed by atoms with Gasteiger partial charge in [0.15, 0.2) is 5.96 Å². The van der Waals surface area contributed by atoms with Gasteiger partial charge in [0.25, 0.3) is 0 Å². The van der Waals surface area contributed by atoms with Gasteiger partial charge in [-0.2, -0.15) is 0 Å². The van der Waals surface area contributed by atoms with Crippen LogP contribution in [0.2, 0.25) is 0 Å². The van der Waals surface area contributed by atoms with Crippen molar-refractivity contribution in [1.29, 1.82) is 0 Å². The van der Waals surface area contributed by atoms with E-state index in [1.807, 2.05) is 0 Å². The Kier molecular flexibility index (Phi) is 9.64. The summed E-state index contributed by atoms with van der Waals surface area (Å²) in [6, 6.07) is 8.76. The average Bonchev–Trinajstić information content (AvgIpc) is 3.19. The van der Waals surface area contributed by atoms with Gasteiger partial charge in [-0.15, -0.1) is 24.0 Å². The third-order valence-electron chi connectivity index (χ3n) is 4.98. The second-order valence-corrected chi connectivity index (χ2v) is 7.05. The molecule has 0 aromatic heterocycles. The molecule has 2 fully saturated rings. The molecule has 0 bridgehead atoms. The van der Waals surface area contributed by atoms with Gasteiger partial charge in [0.05, 0.1) is 26.4 Å². The van der Waals surface area contributed by atoms with Crippen molar-refractivity contribution in [2.45, 2.75) is 19.9 Å². The van der Waals surface area contributed by atoms with E-state index < -0.39 is 0 Å². The fraction of sp³-hybridized carbons (Fsp3) is 0.650. The highest BCUT2D eigenvalue weighted by Gasteiger charge is 2.19. The molecule has 1 N–H and O–H groups in total. The molecule has 2 aliphatic rings. The molecule has 1 unspecified atom stereocenters. The van der Waals surface area contributed by atoms with Crippen molar-refractivity contribution in [2.24, 2.45) is 10.9 Å². The van der Waals surface area contributed by atoms with Gasteiger partial charge >= 0.3 is 0 Å². The molecule has 0 radical (unpaired) electrons. The van der Waals surface area contributed by atoms with E-state index in [2.05, 4.69) is 53.4 Å². The van der Waals surface area contributed by atoms with E-state index in [-0.39, 0.29) is 24.0 Å². The molecule has 1 aromatic rings. The smallest absolute Gasteiger partial charge is 0.193 e. The van der Waals surface area contributed by atoms with Crippen LogP contribution in [-0.4, -0.2) is 70.5 Å². The maximum Gasteiger partial charge on any atom is 0.193 e. The topological polar surface area (TPSA) is 49.3 Å². The van der Waals surface area contributed by atoms with Gasteiger partial charge < -0.3 is 24.6 Å². The Morgan fingerprint density at radius 3 is 2.56 bits per heavy atom. The summed E-state index contributed by atoms with van der Waals surface area (Å²) in [5.74, 6) is 1.58. The second kappa shape index (κ2) is 11.7. The normalized spacial score (nSPS) is 20.3. The number of benzene rings is 1. The van der Waals surface area contributed by atoms with Crippen LogP contribution >= 0.6 is 24.0 Å². The molecule has 0 aliphatic carbocycles. The van der Waals surface area contributed by atoms with Crippen molar-refractivity contribution in [3.05, 3.63) is 29.8 Å². The lowest BCUT2D eigenvalue weighted by Gasteiger charge is -2.28. The Labute approximate surface area is 180 Å². The van der Waals surface area contributed by atoms with Gasteiger partial charge in [-0.3, -0.25) is 0 Å². The van der Waals surface area contributed by atoms with Gasteiger partial charge in [0.2, 0.25) is 0 Å². The summed E-state index contributed by atoms with van der Waals surface area (Å²) < 4.78 is 10.9. The van der Waals surface area contributed by atoms with Gasteiger partial charge in [0.1, 0.15) is 0 Å². The zero-order chi connectivity index (χ0) is 18.2. The van der Waals surface area contributed by atoms with E-state index in [4.69, 9.17) is 14.5 Å². The summed E-state index contributed by atoms with van der Waals surface area (Å²) in [6.07, 6.45) is 1.15. The minimum Gasteiger partial charge on any atom is -0.381 e. The zero-order valence-corrected chi connectivity index (χ0v) is 18.9. The minimum absolute atomic E-state index is 0. The quantitative estimate of drug-likeness (QED) is 0.379. The molecule has 0 spiro atoms. The van der Waals surface area contributed by atoms with Crippen molar-refractivity contribution in [2.75, 3.05) is 64.6 Å². The third kappa shape index (κ3) is 6.80. The summed E-state index contributed by atoms with van der Waals surface area (Å²) in [5.41, 5.74) is 2.50. The Morgan fingerprint density at radius 2 is 1.93 bits per heavy atom. The minimum atomic E-state index is 0. The number of guanidine groups is 1. The Bertz CT molecular complexity index is 570. The highest BCUT2D eigenvalue weighted by Crippen LogP contribution is 2.17. The average molecular weight is 488 g/mol. The van der Waals surface area contributed by atoms with E-state index in [0.29, 0.717) is 12.5 Å². The number of nitrogens with zero attached hydrogens (tertiary/aromatic N) is 3. The molecule has 27 heavy (non-hydrogen) atoms. The molecule has 6 nitrogen and oxygen atoms in total. The Morgan fingerprint density at radius 1 is 1.19 bits per heavy atom. The summed E-state index contributed by atoms with van der Waals surface area (Å²) in [7, 11) is 2.11. The molecular weight excluding hydrogens is 455 g/mol. The lowest BCUT2D eigenvalue weighted by atomic mass is 10.1. The number of rotatable bonds is 6. The van der Waals surface area contributed by atoms with Crippen LogP contribution in [0.3, 0.4) is 0 Å². The summed E-state index contributed by atoms with van der Waals surface area (Å²) in [4.78, 5) is 9.43. The van der Waals surface area contributed by atoms with Crippen LogP contribution in [0.5, 0.6) is 0 Å². The van der Waals surface area contributed by atoms with Crippen molar-refractivity contribution < 1.29 is 9.47 Å². The highest BCUT2D eigenvalue weighted by atomic mass is 127. The predicted molar refractivity (Wildman–Crippen MR) is 121 cm³/mol. The van der Waals surface area contributed by atoms with Crippen LogP contribution in [0, 0.1) is 5.92 Å². The van der Waals surface area contributed by atoms with Gasteiger partial charge in [-0.25, -0.2) is 4.99 Å². The molecule has 1 aromatic carbocycles. The van der Waals surface area contributed by atoms with Crippen LogP contribution in [0.4, 0.5) is 5.69 Å². The number of nitrogens with one attached hydrogen (secondary N) is 1. The van der Waals surface area contributed by atoms with Gasteiger partial charge in [-0.1, -0.05) is 12.1 Å². The monoisotopic (exact) mass is 488 g/mol. The maximum absolute atomic E-state index is 5.49. The molecule has 2 heterocycles. The highest BCUT2D eigenvalue weighted by molar-refractivity contribution is 14.0. The molecule has 2 aliphatic heterocycles. The van der Waals surface area contributed by atoms with Gasteiger partial charge in [0, 0.05) is 51.4 Å². The fourth-order valence-corrected chi connectivity index (χ4v) is 3.47. The molecule has 2 saturated heterocycles. The van der Waals surface area contributed by atoms with Crippen molar-refractivity contribution in [3.63, 3.8) is 0 Å². The summed E-state index contributed by atoms with van der Waals surface area (Å²) >= 11 is 0. The predicted octanol–water partition coefficient (Wildman–Crippen LogP) is 2.58. The van der Waals surface area contributed by atoms with Crippen molar-refractivity contribution in [1.82, 2.24) is 10.2 Å². The van der Waals surface area contributed by atoms with Crippen LogP contribution in [0.1, 0.15) is 18.9 Å². The summed E-state index contributed by atoms with van der Waals surface area (Å²) in [6.45, 7) is 10.00. The number of hydrogen-bond acceptors (Lipinski definition) is 4. The lowest BCUT2D eigenvalue weighted by Crippen LogP contribution is -2.41. The Hall–Kier alpha value is -1.06. The number of halogens is 1. The fourth-order valence-electron chi connectivity index (χ4n) is 3.47. The maximum atomic E-state index is 5.49. The molecule has 7 heteroatoms. The second-order valence-electron chi connectivity index (χ2n) is 7.05. The lowest BCUT2D eigenvalue weighted by molar-refractivity contribution is 0.122. The number of anilines is 1. The molecule has 0 amide bonds. The van der Waals surface area contributed by atoms with E-state index >= 15 is 0 Å². The largest absolute Gasteiger partial charge is 0.381 e. The standard InChI is InChI=1S/C20H32N4O2.HI/c1-3-21-20(23(2)15-18-8-11-26-16-18)22-14-17-4-6-19(7-5-17)24-9-12-25-13-10-24;/h4-7,18H,3,8-16H2,1-2H3,(H,21,22);1H. The van der Waals surface area contributed by atoms with Crippen LogP contribution in [-0.2, 0) is 16.0 Å². The first kappa shape index (κ1) is 22.2. The van der Waals surface area contributed by atoms with E-state index in [9.17, 15) is 0 Å². The molecular formula is C20H33IN4O2. The number of hydrogen-bond donors (Lipinski definition) is 1. The van der Waals surface area contributed by atoms with Crippen molar-refractivity contribution >= 4 is 35.6 Å². The van der Waals surface area contributed by atoms with Crippen LogP contribution in [0.15, 0.2) is 29.3 Å². The molecule has 3 rings (SSSR count). The molecule has 1 atom stereocenters. The molecule has 0 saturated carbocycles. The molecule has 152 valence electrons. The zero-order valence-electron chi connectivity index (χ0n) is 16.5. The van der Waals surface area contributed by atoms with Crippen LogP contribution < -0.4 is 10.2 Å². The number of morpholine rings is 1. The Balaban J connectivity index is 0.00000261. The first-order valence-corrected chi connectivity index (χ1v) is 9.75. The van der Waals surface area contributed by atoms with Crippen LogP contribution in [0.25, 0.3) is 0 Å². The van der Waals surface area contributed by atoms with E-state index in [0.717, 1.165) is 65.0 Å².